The van der Waals surface area contributed by atoms with Crippen LogP contribution in [-0.4, -0.2) is 116 Å². The molecule has 2 saturated heterocycles. The molecule has 1 N–H and O–H groups in total. The molecule has 50 heavy (non-hydrogen) atoms. The second-order valence-electron chi connectivity index (χ2n) is 11.2. The zero-order valence-corrected chi connectivity index (χ0v) is 28.5. The van der Waals surface area contributed by atoms with Gasteiger partial charge in [-0.25, -0.2) is 0 Å². The highest BCUT2D eigenvalue weighted by atomic mass is 16.8. The number of rotatable bonds is 13. The minimum atomic E-state index is -1.77. The quantitative estimate of drug-likeness (QED) is 0.220. The maximum Gasteiger partial charge on any atom is 0.303 e. The summed E-state index contributed by atoms with van der Waals surface area (Å²) in [6, 6.07) is 8.59. The molecule has 1 aromatic rings. The Labute approximate surface area is 287 Å². The zero-order chi connectivity index (χ0) is 37.1. The smallest absolute Gasteiger partial charge is 0.303 e. The number of benzene rings is 1. The molecule has 2 aliphatic heterocycles. The van der Waals surface area contributed by atoms with Crippen molar-refractivity contribution in [1.29, 1.82) is 0 Å². The standard InChI is InChI=1S/C32H41NO17/c1-15(34)41-13-23-26(27(44-18(4)37)29(46-20(6)39)31(48-23)33-22-11-9-8-10-12-22)50-32-30(47-21(7)40)28(45-19(5)38)25(43-17(3)36)24(49-32)14-42-16(2)35/h8-12,23-33H,13-14H2,1-7H3/t23-,24-,25+,26-,27+,28+,29-,30-,31?,32+/m1/s1. The second-order valence-corrected chi connectivity index (χ2v) is 11.2. The van der Waals surface area contributed by atoms with Crippen molar-refractivity contribution in [3.05, 3.63) is 30.3 Å². The van der Waals surface area contributed by atoms with Gasteiger partial charge in [0.05, 0.1) is 0 Å². The first kappa shape index (κ1) is 39.6. The fourth-order valence-corrected chi connectivity index (χ4v) is 5.33. The molecule has 18 nitrogen and oxygen atoms in total. The Morgan fingerprint density at radius 1 is 0.520 bits per heavy atom. The number of hydrogen-bond donors (Lipinski definition) is 1. The third-order valence-electron chi connectivity index (χ3n) is 7.01. The number of carbonyl (C=O) groups excluding carboxylic acids is 7. The van der Waals surface area contributed by atoms with E-state index in [4.69, 9.17) is 47.4 Å². The van der Waals surface area contributed by atoms with E-state index in [0.717, 1.165) is 48.5 Å². The first-order valence-corrected chi connectivity index (χ1v) is 15.5. The lowest BCUT2D eigenvalue weighted by molar-refractivity contribution is -0.343. The van der Waals surface area contributed by atoms with Crippen LogP contribution in [0, 0.1) is 0 Å². The first-order chi connectivity index (χ1) is 23.5. The summed E-state index contributed by atoms with van der Waals surface area (Å²) in [7, 11) is 0. The van der Waals surface area contributed by atoms with Gasteiger partial charge in [0, 0.05) is 54.2 Å². The molecule has 3 rings (SSSR count). The molecule has 0 amide bonds. The Hall–Kier alpha value is -4.81. The lowest BCUT2D eigenvalue weighted by Gasteiger charge is -2.49. The first-order valence-electron chi connectivity index (χ1n) is 15.5. The molecule has 0 aromatic heterocycles. The van der Waals surface area contributed by atoms with Gasteiger partial charge in [0.25, 0.3) is 0 Å². The Balaban J connectivity index is 2.16. The van der Waals surface area contributed by atoms with E-state index in [0.29, 0.717) is 5.69 Å². The second kappa shape index (κ2) is 18.3. The highest BCUT2D eigenvalue weighted by Crippen LogP contribution is 2.35. The van der Waals surface area contributed by atoms with Gasteiger partial charge in [0.15, 0.2) is 43.0 Å². The number of esters is 7. The summed E-state index contributed by atoms with van der Waals surface area (Å²) in [6.45, 7) is 6.56. The molecule has 2 aliphatic rings. The Kier molecular flexibility index (Phi) is 14.5. The summed E-state index contributed by atoms with van der Waals surface area (Å²) < 4.78 is 56.6. The molecule has 2 heterocycles. The van der Waals surface area contributed by atoms with Gasteiger partial charge < -0.3 is 52.7 Å². The molecule has 0 spiro atoms. The van der Waals surface area contributed by atoms with Crippen LogP contribution in [0.1, 0.15) is 48.5 Å². The maximum atomic E-state index is 12.5. The molecule has 2 fully saturated rings. The van der Waals surface area contributed by atoms with Crippen LogP contribution >= 0.6 is 0 Å². The average molecular weight is 712 g/mol. The fraction of sp³-hybridized carbons (Fsp3) is 0.594. The highest BCUT2D eigenvalue weighted by Gasteiger charge is 2.57. The van der Waals surface area contributed by atoms with Crippen LogP contribution in [0.5, 0.6) is 0 Å². The Bertz CT molecular complexity index is 1390. The van der Waals surface area contributed by atoms with Crippen molar-refractivity contribution in [1.82, 2.24) is 0 Å². The van der Waals surface area contributed by atoms with Gasteiger partial charge in [-0.05, 0) is 12.1 Å². The van der Waals surface area contributed by atoms with Crippen LogP contribution in [-0.2, 0) is 80.9 Å². The number of nitrogens with one attached hydrogen (secondary N) is 1. The summed E-state index contributed by atoms with van der Waals surface area (Å²) in [5.41, 5.74) is 0.515. The van der Waals surface area contributed by atoms with Gasteiger partial charge in [-0.2, -0.15) is 0 Å². The van der Waals surface area contributed by atoms with Gasteiger partial charge in [0.1, 0.15) is 31.5 Å². The van der Waals surface area contributed by atoms with Gasteiger partial charge in [-0.1, -0.05) is 18.2 Å². The van der Waals surface area contributed by atoms with Crippen molar-refractivity contribution in [2.45, 2.75) is 110 Å². The van der Waals surface area contributed by atoms with E-state index >= 15 is 0 Å². The number of para-hydroxylation sites is 1. The predicted octanol–water partition coefficient (Wildman–Crippen LogP) is 0.718. The summed E-state index contributed by atoms with van der Waals surface area (Å²) in [6.07, 6.45) is -14.9. The molecule has 18 heteroatoms. The summed E-state index contributed by atoms with van der Waals surface area (Å²) in [4.78, 5) is 85.4. The van der Waals surface area contributed by atoms with E-state index in [-0.39, 0.29) is 0 Å². The summed E-state index contributed by atoms with van der Waals surface area (Å²) in [5, 5.41) is 3.06. The number of ether oxygens (including phenoxy) is 10. The lowest BCUT2D eigenvalue weighted by atomic mass is 9.95. The normalized spacial score (nSPS) is 28.9. The van der Waals surface area contributed by atoms with Crippen LogP contribution in [0.4, 0.5) is 5.69 Å². The molecule has 0 aliphatic carbocycles. The van der Waals surface area contributed by atoms with Gasteiger partial charge in [0.2, 0.25) is 0 Å². The van der Waals surface area contributed by atoms with Crippen molar-refractivity contribution in [3.8, 4) is 0 Å². The van der Waals surface area contributed by atoms with Crippen LogP contribution in [0.15, 0.2) is 30.3 Å². The third kappa shape index (κ3) is 11.7. The predicted molar refractivity (Wildman–Crippen MR) is 163 cm³/mol. The molecule has 10 atom stereocenters. The molecular weight excluding hydrogens is 670 g/mol. The summed E-state index contributed by atoms with van der Waals surface area (Å²) in [5.74, 6) is -5.71. The molecule has 1 unspecified atom stereocenters. The zero-order valence-electron chi connectivity index (χ0n) is 28.5. The van der Waals surface area contributed by atoms with Gasteiger partial charge in [-0.15, -0.1) is 0 Å². The highest BCUT2D eigenvalue weighted by molar-refractivity contribution is 5.69. The SMILES string of the molecule is CC(=O)OC[C@H]1O[C@@H](O[C@H]2[C@H](OC(C)=O)[C@@H](OC(C)=O)C(Nc3ccccc3)O[C@@H]2COC(C)=O)[C@H](OC(C)=O)[C@@H](OC(C)=O)[C@H]1OC(C)=O. The van der Waals surface area contributed by atoms with Gasteiger partial charge in [-0.3, -0.25) is 33.6 Å². The van der Waals surface area contributed by atoms with E-state index in [1.54, 1.807) is 30.3 Å². The number of carbonyl (C=O) groups is 7. The number of hydrogen-bond acceptors (Lipinski definition) is 18. The number of anilines is 1. The molecular formula is C32H41NO17. The monoisotopic (exact) mass is 711 g/mol. The van der Waals surface area contributed by atoms with Crippen LogP contribution in [0.2, 0.25) is 0 Å². The minimum Gasteiger partial charge on any atom is -0.463 e. The van der Waals surface area contributed by atoms with Crippen LogP contribution < -0.4 is 5.32 Å². The Morgan fingerprint density at radius 2 is 0.940 bits per heavy atom. The van der Waals surface area contributed by atoms with E-state index in [2.05, 4.69) is 5.32 Å². The van der Waals surface area contributed by atoms with E-state index in [9.17, 15) is 33.6 Å². The van der Waals surface area contributed by atoms with Crippen molar-refractivity contribution >= 4 is 47.5 Å². The van der Waals surface area contributed by atoms with E-state index < -0.39 is 116 Å². The third-order valence-corrected chi connectivity index (χ3v) is 7.01. The summed E-state index contributed by atoms with van der Waals surface area (Å²) >= 11 is 0. The molecule has 0 radical (unpaired) electrons. The van der Waals surface area contributed by atoms with E-state index in [1.165, 1.54) is 0 Å². The maximum absolute atomic E-state index is 12.5. The molecule has 276 valence electrons. The van der Waals surface area contributed by atoms with Gasteiger partial charge >= 0.3 is 41.8 Å². The lowest BCUT2D eigenvalue weighted by Crippen LogP contribution is -2.67. The molecule has 1 aromatic carbocycles. The Morgan fingerprint density at radius 3 is 1.42 bits per heavy atom. The minimum absolute atomic E-state index is 0.497. The fourth-order valence-electron chi connectivity index (χ4n) is 5.33. The topological polar surface area (TPSA) is 224 Å². The van der Waals surface area contributed by atoms with Crippen molar-refractivity contribution in [2.75, 3.05) is 18.5 Å². The molecule has 0 bridgehead atoms. The van der Waals surface area contributed by atoms with Crippen molar-refractivity contribution in [3.63, 3.8) is 0 Å². The largest absolute Gasteiger partial charge is 0.463 e. The molecule has 0 saturated carbocycles. The van der Waals surface area contributed by atoms with Crippen molar-refractivity contribution in [2.24, 2.45) is 0 Å². The van der Waals surface area contributed by atoms with E-state index in [1.807, 2.05) is 0 Å². The van der Waals surface area contributed by atoms with Crippen molar-refractivity contribution < 1.29 is 80.9 Å². The average Bonchev–Trinajstić information content (AvgIpc) is 3.00. The van der Waals surface area contributed by atoms with Crippen LogP contribution in [0.25, 0.3) is 0 Å². The van der Waals surface area contributed by atoms with Crippen LogP contribution in [0.3, 0.4) is 0 Å².